The molecular weight excluding hydrogens is 242 g/mol. The zero-order valence-corrected chi connectivity index (χ0v) is 11.6. The number of nitrogens with zero attached hydrogens (tertiary/aromatic N) is 2. The Kier molecular flexibility index (Phi) is 4.79. The van der Waals surface area contributed by atoms with Gasteiger partial charge < -0.3 is 15.5 Å². The third kappa shape index (κ3) is 3.26. The number of hydrazine groups is 1. The Balaban J connectivity index is 2.02. The normalized spacial score (nSPS) is 22.9. The molecule has 1 aromatic heterocycles. The van der Waals surface area contributed by atoms with Gasteiger partial charge in [0.2, 0.25) is 5.75 Å². The van der Waals surface area contributed by atoms with Gasteiger partial charge in [-0.25, -0.2) is 15.8 Å². The lowest BCUT2D eigenvalue weighted by molar-refractivity contribution is 0.268. The summed E-state index contributed by atoms with van der Waals surface area (Å²) in [6.45, 7) is 3.24. The van der Waals surface area contributed by atoms with Crippen LogP contribution in [-0.2, 0) is 0 Å². The number of nitrogens with one attached hydrogen (secondary N) is 2. The van der Waals surface area contributed by atoms with Crippen LogP contribution in [0.15, 0.2) is 6.33 Å². The van der Waals surface area contributed by atoms with Crippen LogP contribution in [0.1, 0.15) is 32.6 Å². The predicted molar refractivity (Wildman–Crippen MR) is 76.0 cm³/mol. The molecule has 0 radical (unpaired) electrons. The van der Waals surface area contributed by atoms with Gasteiger partial charge in [-0.3, -0.25) is 0 Å². The quantitative estimate of drug-likeness (QED) is 0.558. The van der Waals surface area contributed by atoms with Crippen LogP contribution in [0.25, 0.3) is 0 Å². The lowest BCUT2D eigenvalue weighted by Gasteiger charge is -2.29. The second kappa shape index (κ2) is 6.56. The summed E-state index contributed by atoms with van der Waals surface area (Å²) < 4.78 is 5.30. The molecule has 1 aromatic rings. The lowest BCUT2D eigenvalue weighted by atomic mass is 9.80. The highest BCUT2D eigenvalue weighted by Gasteiger charge is 2.22. The fraction of sp³-hybridized carbons (Fsp3) is 0.692. The van der Waals surface area contributed by atoms with Crippen molar-refractivity contribution in [2.45, 2.75) is 32.6 Å². The van der Waals surface area contributed by atoms with E-state index in [2.05, 4.69) is 27.6 Å². The molecule has 1 aliphatic rings. The molecule has 2 rings (SSSR count). The van der Waals surface area contributed by atoms with Crippen molar-refractivity contribution < 1.29 is 4.74 Å². The largest absolute Gasteiger partial charge is 0.490 e. The van der Waals surface area contributed by atoms with E-state index in [1.54, 1.807) is 7.11 Å². The van der Waals surface area contributed by atoms with Gasteiger partial charge in [-0.2, -0.15) is 0 Å². The molecule has 0 aromatic carbocycles. The molecule has 0 amide bonds. The summed E-state index contributed by atoms with van der Waals surface area (Å²) in [5.41, 5.74) is 2.52. The van der Waals surface area contributed by atoms with E-state index in [0.717, 1.165) is 12.5 Å². The van der Waals surface area contributed by atoms with Crippen molar-refractivity contribution >= 4 is 11.6 Å². The van der Waals surface area contributed by atoms with Crippen LogP contribution in [0.5, 0.6) is 5.75 Å². The van der Waals surface area contributed by atoms with Gasteiger partial charge in [0.1, 0.15) is 6.33 Å². The standard InChI is InChI=1S/C13H23N5O/c1-9-5-3-4-6-10(9)7-15-12-11(19-2)13(18-14)17-8-16-12/h8-10H,3-7,14H2,1-2H3,(H2,15,16,17,18). The number of anilines is 2. The second-order valence-corrected chi connectivity index (χ2v) is 5.15. The molecule has 2 atom stereocenters. The van der Waals surface area contributed by atoms with Crippen molar-refractivity contribution in [2.24, 2.45) is 17.7 Å². The first kappa shape index (κ1) is 13.9. The third-order valence-electron chi connectivity index (χ3n) is 3.97. The first-order chi connectivity index (χ1) is 9.26. The van der Waals surface area contributed by atoms with Crippen LogP contribution in [0.4, 0.5) is 11.6 Å². The van der Waals surface area contributed by atoms with E-state index in [9.17, 15) is 0 Å². The Morgan fingerprint density at radius 3 is 2.74 bits per heavy atom. The van der Waals surface area contributed by atoms with Gasteiger partial charge in [0.15, 0.2) is 11.6 Å². The van der Waals surface area contributed by atoms with Crippen LogP contribution < -0.4 is 21.3 Å². The molecule has 106 valence electrons. The van der Waals surface area contributed by atoms with E-state index in [-0.39, 0.29) is 0 Å². The van der Waals surface area contributed by atoms with Gasteiger partial charge in [-0.1, -0.05) is 26.2 Å². The van der Waals surface area contributed by atoms with Crippen molar-refractivity contribution in [1.82, 2.24) is 9.97 Å². The topological polar surface area (TPSA) is 85.1 Å². The molecule has 6 heteroatoms. The van der Waals surface area contributed by atoms with E-state index in [1.807, 2.05) is 0 Å². The molecule has 0 spiro atoms. The van der Waals surface area contributed by atoms with Gasteiger partial charge in [0, 0.05) is 6.54 Å². The maximum absolute atomic E-state index is 5.41. The monoisotopic (exact) mass is 265 g/mol. The molecule has 1 aliphatic carbocycles. The van der Waals surface area contributed by atoms with Crippen LogP contribution >= 0.6 is 0 Å². The van der Waals surface area contributed by atoms with Crippen LogP contribution in [0.3, 0.4) is 0 Å². The fourth-order valence-corrected chi connectivity index (χ4v) is 2.72. The van der Waals surface area contributed by atoms with Crippen molar-refractivity contribution in [3.63, 3.8) is 0 Å². The van der Waals surface area contributed by atoms with Crippen molar-refractivity contribution in [3.05, 3.63) is 6.33 Å². The number of nitrogen functional groups attached to an aromatic ring is 1. The highest BCUT2D eigenvalue weighted by atomic mass is 16.5. The van der Waals surface area contributed by atoms with Gasteiger partial charge in [0.05, 0.1) is 7.11 Å². The minimum Gasteiger partial charge on any atom is -0.490 e. The fourth-order valence-electron chi connectivity index (χ4n) is 2.72. The van der Waals surface area contributed by atoms with E-state index < -0.39 is 0 Å². The molecular formula is C13H23N5O. The molecule has 0 aliphatic heterocycles. The van der Waals surface area contributed by atoms with E-state index >= 15 is 0 Å². The first-order valence-electron chi connectivity index (χ1n) is 6.85. The molecule has 1 fully saturated rings. The Morgan fingerprint density at radius 1 is 1.32 bits per heavy atom. The van der Waals surface area contributed by atoms with Gasteiger partial charge in [-0.15, -0.1) is 0 Å². The molecule has 1 saturated carbocycles. The smallest absolute Gasteiger partial charge is 0.205 e. The van der Waals surface area contributed by atoms with Gasteiger partial charge in [0.25, 0.3) is 0 Å². The number of nitrogens with two attached hydrogens (primary N) is 1. The van der Waals surface area contributed by atoms with Crippen molar-refractivity contribution in [1.29, 1.82) is 0 Å². The number of methoxy groups -OCH3 is 1. The Labute approximate surface area is 114 Å². The molecule has 0 saturated heterocycles. The minimum absolute atomic E-state index is 0.497. The molecule has 2 unspecified atom stereocenters. The highest BCUT2D eigenvalue weighted by molar-refractivity contribution is 5.62. The average molecular weight is 265 g/mol. The maximum atomic E-state index is 5.41. The molecule has 19 heavy (non-hydrogen) atoms. The van der Waals surface area contributed by atoms with Crippen LogP contribution in [0.2, 0.25) is 0 Å². The van der Waals surface area contributed by atoms with E-state index in [0.29, 0.717) is 23.3 Å². The summed E-state index contributed by atoms with van der Waals surface area (Å²) in [5, 5.41) is 3.37. The van der Waals surface area contributed by atoms with Gasteiger partial charge >= 0.3 is 0 Å². The first-order valence-corrected chi connectivity index (χ1v) is 6.85. The summed E-state index contributed by atoms with van der Waals surface area (Å²) in [6.07, 6.45) is 6.76. The van der Waals surface area contributed by atoms with Crippen LogP contribution in [0, 0.1) is 11.8 Å². The average Bonchev–Trinajstić information content (AvgIpc) is 2.45. The molecule has 6 nitrogen and oxygen atoms in total. The van der Waals surface area contributed by atoms with Gasteiger partial charge in [-0.05, 0) is 18.3 Å². The second-order valence-electron chi connectivity index (χ2n) is 5.15. The number of ether oxygens (including phenoxy) is 1. The minimum atomic E-state index is 0.497. The van der Waals surface area contributed by atoms with Crippen LogP contribution in [-0.4, -0.2) is 23.6 Å². The Bertz CT molecular complexity index is 412. The van der Waals surface area contributed by atoms with E-state index in [4.69, 9.17) is 10.6 Å². The number of rotatable bonds is 5. The predicted octanol–water partition coefficient (Wildman–Crippen LogP) is 2.01. The lowest BCUT2D eigenvalue weighted by Crippen LogP contribution is -2.25. The van der Waals surface area contributed by atoms with Crippen molar-refractivity contribution in [3.8, 4) is 5.75 Å². The highest BCUT2D eigenvalue weighted by Crippen LogP contribution is 2.32. The zero-order valence-electron chi connectivity index (χ0n) is 11.6. The Hall–Kier alpha value is -1.56. The molecule has 4 N–H and O–H groups in total. The summed E-state index contributed by atoms with van der Waals surface area (Å²) in [7, 11) is 1.59. The van der Waals surface area contributed by atoms with Crippen molar-refractivity contribution in [2.75, 3.05) is 24.4 Å². The summed E-state index contributed by atoms with van der Waals surface area (Å²) in [4.78, 5) is 8.25. The summed E-state index contributed by atoms with van der Waals surface area (Å²) >= 11 is 0. The zero-order chi connectivity index (χ0) is 13.7. The number of aromatic nitrogens is 2. The maximum Gasteiger partial charge on any atom is 0.205 e. The molecule has 0 bridgehead atoms. The SMILES string of the molecule is COc1c(NN)ncnc1NCC1CCCCC1C. The number of hydrogen-bond donors (Lipinski definition) is 3. The third-order valence-corrected chi connectivity index (χ3v) is 3.97. The summed E-state index contributed by atoms with van der Waals surface area (Å²) in [6, 6.07) is 0. The summed E-state index contributed by atoms with van der Waals surface area (Å²) in [5.74, 6) is 8.63. The number of hydrogen-bond acceptors (Lipinski definition) is 6. The Morgan fingerprint density at radius 2 is 2.05 bits per heavy atom. The van der Waals surface area contributed by atoms with E-state index in [1.165, 1.54) is 32.0 Å². The molecule has 1 heterocycles.